The minimum atomic E-state index is -1.14. The first kappa shape index (κ1) is 27.2. The van der Waals surface area contributed by atoms with Gasteiger partial charge in [-0.25, -0.2) is 9.67 Å². The highest BCUT2D eigenvalue weighted by atomic mass is 127. The van der Waals surface area contributed by atoms with Crippen LogP contribution in [0.4, 0.5) is 5.82 Å². The van der Waals surface area contributed by atoms with E-state index >= 15 is 0 Å². The van der Waals surface area contributed by atoms with Crippen LogP contribution in [0, 0.1) is 3.70 Å². The number of amides is 1. The first-order chi connectivity index (χ1) is 17.2. The van der Waals surface area contributed by atoms with E-state index in [1.54, 1.807) is 4.68 Å². The molecule has 36 heavy (non-hydrogen) atoms. The lowest BCUT2D eigenvalue weighted by Crippen LogP contribution is -2.46. The number of aromatic nitrogens is 5. The summed E-state index contributed by atoms with van der Waals surface area (Å²) in [6, 6.07) is 7.97. The Morgan fingerprint density at radius 2 is 1.94 bits per heavy atom. The third-order valence-electron chi connectivity index (χ3n) is 5.33. The van der Waals surface area contributed by atoms with E-state index in [1.807, 2.05) is 30.3 Å². The molecule has 0 fully saturated rings. The van der Waals surface area contributed by atoms with Crippen molar-refractivity contribution in [2.75, 3.05) is 12.3 Å². The third-order valence-corrected chi connectivity index (χ3v) is 6.44. The molecule has 1 unspecified atom stereocenters. The molecule has 0 radical (unpaired) electrons. The van der Waals surface area contributed by atoms with E-state index in [1.165, 1.54) is 17.1 Å². The molecule has 3 rings (SSSR count). The van der Waals surface area contributed by atoms with E-state index in [4.69, 9.17) is 16.6 Å². The smallest absolute Gasteiger partial charge is 0.322 e. The normalized spacial score (nSPS) is 12.7. The summed E-state index contributed by atoms with van der Waals surface area (Å²) in [4.78, 5) is 40.5. The molecule has 2 heterocycles. The molecule has 0 aliphatic carbocycles. The molecule has 0 aliphatic rings. The summed E-state index contributed by atoms with van der Waals surface area (Å²) in [5, 5.41) is 22.1. The number of hydrogen-bond acceptors (Lipinski definition) is 9. The number of halogens is 1. The van der Waals surface area contributed by atoms with E-state index in [2.05, 4.69) is 48.5 Å². The van der Waals surface area contributed by atoms with E-state index in [0.717, 1.165) is 9.26 Å². The van der Waals surface area contributed by atoms with Crippen LogP contribution in [0.5, 0.6) is 0 Å². The molecule has 2 aromatic heterocycles. The second-order valence-electron chi connectivity index (χ2n) is 8.08. The maximum atomic E-state index is 12.8. The molecule has 0 saturated heterocycles. The number of nitrogens with two attached hydrogens (primary N) is 2. The van der Waals surface area contributed by atoms with Gasteiger partial charge in [-0.3, -0.25) is 19.0 Å². The molecule has 192 valence electrons. The number of carboxylic acid groups (broad SMARTS) is 1. The number of nitrogens with one attached hydrogen (secondary N) is 2. The Labute approximate surface area is 220 Å². The van der Waals surface area contributed by atoms with Gasteiger partial charge < -0.3 is 27.2 Å². The zero-order valence-electron chi connectivity index (χ0n) is 19.4. The fraction of sp³-hybridized carbons (Fsp3) is 0.364. The van der Waals surface area contributed by atoms with Gasteiger partial charge in [0.2, 0.25) is 11.8 Å². The number of hydrogen-bond donors (Lipinski definition) is 5. The van der Waals surface area contributed by atoms with Crippen molar-refractivity contribution < 1.29 is 19.5 Å². The third kappa shape index (κ3) is 7.82. The van der Waals surface area contributed by atoms with Crippen LogP contribution in [0.1, 0.15) is 28.9 Å². The van der Waals surface area contributed by atoms with Gasteiger partial charge >= 0.3 is 5.97 Å². The molecular weight excluding hydrogens is 581 g/mol. The zero-order chi connectivity index (χ0) is 26.1. The summed E-state index contributed by atoms with van der Waals surface area (Å²) >= 11 is 2.05. The SMILES string of the molecule is Nc1nnn(CCCC(N)C(=O)n2cnc(C[C@H](NCc3ccccc3)C(=O)NCC(=O)O)c2)c1I. The van der Waals surface area contributed by atoms with Gasteiger partial charge in [-0.2, -0.15) is 0 Å². The van der Waals surface area contributed by atoms with Gasteiger partial charge in [0.15, 0.2) is 5.82 Å². The summed E-state index contributed by atoms with van der Waals surface area (Å²) < 4.78 is 3.69. The van der Waals surface area contributed by atoms with Crippen LogP contribution in [0.25, 0.3) is 0 Å². The second-order valence-corrected chi connectivity index (χ2v) is 9.10. The van der Waals surface area contributed by atoms with Gasteiger partial charge in [-0.15, -0.1) is 5.10 Å². The number of rotatable bonds is 13. The molecule has 2 atom stereocenters. The van der Waals surface area contributed by atoms with E-state index in [0.29, 0.717) is 37.4 Å². The molecule has 7 N–H and O–H groups in total. The Hall–Kier alpha value is -3.37. The molecule has 1 aromatic carbocycles. The Balaban J connectivity index is 1.58. The van der Waals surface area contributed by atoms with Crippen molar-refractivity contribution in [2.24, 2.45) is 5.73 Å². The summed E-state index contributed by atoms with van der Waals surface area (Å²) in [6.45, 7) is 0.427. The maximum Gasteiger partial charge on any atom is 0.322 e. The molecular formula is C22H28IN9O4. The van der Waals surface area contributed by atoms with Crippen LogP contribution in [-0.4, -0.2) is 66.1 Å². The van der Waals surface area contributed by atoms with Gasteiger partial charge in [0.1, 0.15) is 16.6 Å². The number of carboxylic acids is 1. The maximum absolute atomic E-state index is 12.8. The van der Waals surface area contributed by atoms with E-state index < -0.39 is 30.5 Å². The summed E-state index contributed by atoms with van der Waals surface area (Å²) in [6.07, 6.45) is 4.07. The summed E-state index contributed by atoms with van der Waals surface area (Å²) in [5.41, 5.74) is 13.2. The minimum Gasteiger partial charge on any atom is -0.480 e. The van der Waals surface area contributed by atoms with Crippen molar-refractivity contribution in [2.45, 2.75) is 44.4 Å². The number of benzene rings is 1. The molecule has 13 nitrogen and oxygen atoms in total. The predicted octanol–water partition coefficient (Wildman–Crippen LogP) is 0.0110. The number of imidazole rings is 1. The summed E-state index contributed by atoms with van der Waals surface area (Å²) in [7, 11) is 0. The van der Waals surface area contributed by atoms with Crippen molar-refractivity contribution >= 4 is 46.2 Å². The number of nitrogen functional groups attached to an aromatic ring is 1. The average molecular weight is 609 g/mol. The fourth-order valence-corrected chi connectivity index (χ4v) is 3.86. The fourth-order valence-electron chi connectivity index (χ4n) is 3.41. The number of aliphatic carboxylic acids is 1. The van der Waals surface area contributed by atoms with Crippen LogP contribution in [-0.2, 0) is 29.1 Å². The topological polar surface area (TPSA) is 196 Å². The lowest BCUT2D eigenvalue weighted by Gasteiger charge is -2.17. The van der Waals surface area contributed by atoms with Gasteiger partial charge in [-0.05, 0) is 41.0 Å². The lowest BCUT2D eigenvalue weighted by molar-refractivity contribution is -0.138. The highest BCUT2D eigenvalue weighted by Crippen LogP contribution is 2.12. The van der Waals surface area contributed by atoms with Gasteiger partial charge in [0.05, 0.1) is 17.8 Å². The zero-order valence-corrected chi connectivity index (χ0v) is 21.5. The molecule has 0 saturated carbocycles. The highest BCUT2D eigenvalue weighted by Gasteiger charge is 2.22. The number of aryl methyl sites for hydroxylation is 1. The Morgan fingerprint density at radius 1 is 1.19 bits per heavy atom. The highest BCUT2D eigenvalue weighted by molar-refractivity contribution is 14.1. The lowest BCUT2D eigenvalue weighted by atomic mass is 10.1. The molecule has 0 bridgehead atoms. The quantitative estimate of drug-likeness (QED) is 0.165. The van der Waals surface area contributed by atoms with Crippen molar-refractivity contribution in [3.05, 3.63) is 57.8 Å². The van der Waals surface area contributed by atoms with Crippen LogP contribution >= 0.6 is 22.6 Å². The van der Waals surface area contributed by atoms with Crippen molar-refractivity contribution in [1.82, 2.24) is 35.2 Å². The van der Waals surface area contributed by atoms with Gasteiger partial charge in [-0.1, -0.05) is 35.5 Å². The van der Waals surface area contributed by atoms with Gasteiger partial charge in [0.25, 0.3) is 0 Å². The van der Waals surface area contributed by atoms with E-state index in [-0.39, 0.29) is 12.3 Å². The largest absolute Gasteiger partial charge is 0.480 e. The number of nitrogens with zero attached hydrogens (tertiary/aromatic N) is 5. The summed E-state index contributed by atoms with van der Waals surface area (Å²) in [5.74, 6) is -1.59. The average Bonchev–Trinajstić information content (AvgIpc) is 3.47. The number of carbonyl (C=O) groups excluding carboxylic acids is 2. The van der Waals surface area contributed by atoms with Gasteiger partial charge in [0, 0.05) is 25.7 Å². The van der Waals surface area contributed by atoms with Crippen molar-refractivity contribution in [3.63, 3.8) is 0 Å². The molecule has 3 aromatic rings. The van der Waals surface area contributed by atoms with Crippen LogP contribution in [0.2, 0.25) is 0 Å². The van der Waals surface area contributed by atoms with Crippen LogP contribution in [0.15, 0.2) is 42.9 Å². The van der Waals surface area contributed by atoms with Crippen LogP contribution in [0.3, 0.4) is 0 Å². The molecule has 14 heteroatoms. The molecule has 0 spiro atoms. The molecule has 1 amide bonds. The Bertz CT molecular complexity index is 1180. The first-order valence-electron chi connectivity index (χ1n) is 11.2. The minimum absolute atomic E-state index is 0.153. The first-order valence-corrected chi connectivity index (χ1v) is 12.3. The predicted molar refractivity (Wildman–Crippen MR) is 139 cm³/mol. The monoisotopic (exact) mass is 609 g/mol. The Morgan fingerprint density at radius 3 is 2.61 bits per heavy atom. The van der Waals surface area contributed by atoms with Crippen molar-refractivity contribution in [1.29, 1.82) is 0 Å². The van der Waals surface area contributed by atoms with E-state index in [9.17, 15) is 14.4 Å². The molecule has 0 aliphatic heterocycles. The Kier molecular flexibility index (Phi) is 9.89. The van der Waals surface area contributed by atoms with Crippen LogP contribution < -0.4 is 22.1 Å². The van der Waals surface area contributed by atoms with Crippen molar-refractivity contribution in [3.8, 4) is 0 Å². The standard InChI is InChI=1S/C22H28IN9O4/c23-19-20(25)29-30-32(19)8-4-7-16(24)22(36)31-12-15(28-13-31)9-17(21(35)27-11-18(33)34)26-10-14-5-2-1-3-6-14/h1-3,5-6,12-13,16-17,26H,4,7-11,24-25H2,(H,27,35)(H,33,34)/t16?,17-/m0/s1. The number of carbonyl (C=O) groups is 3. The second kappa shape index (κ2) is 13.1. The number of anilines is 1.